The fraction of sp³-hybridized carbons (Fsp3) is 0.294. The van der Waals surface area contributed by atoms with Crippen LogP contribution in [0.15, 0.2) is 41.1 Å². The van der Waals surface area contributed by atoms with E-state index in [2.05, 4.69) is 10.4 Å². The van der Waals surface area contributed by atoms with Gasteiger partial charge in [0.1, 0.15) is 5.76 Å². The molecule has 0 aliphatic carbocycles. The summed E-state index contributed by atoms with van der Waals surface area (Å²) >= 11 is 0. The Hall–Kier alpha value is -2.76. The summed E-state index contributed by atoms with van der Waals surface area (Å²) in [5.41, 5.74) is 1.22. The van der Waals surface area contributed by atoms with E-state index in [0.29, 0.717) is 29.3 Å². The van der Waals surface area contributed by atoms with E-state index in [1.807, 2.05) is 38.1 Å². The first kappa shape index (κ1) is 15.1. The summed E-state index contributed by atoms with van der Waals surface area (Å²) in [6.07, 6.45) is 3.21. The molecule has 1 aromatic carbocycles. The van der Waals surface area contributed by atoms with E-state index in [4.69, 9.17) is 9.15 Å². The number of carbonyl (C=O) groups is 1. The van der Waals surface area contributed by atoms with Gasteiger partial charge in [0.25, 0.3) is 5.91 Å². The van der Waals surface area contributed by atoms with E-state index in [0.717, 1.165) is 5.39 Å². The molecule has 0 radical (unpaired) electrons. The van der Waals surface area contributed by atoms with Gasteiger partial charge in [0, 0.05) is 18.6 Å². The highest BCUT2D eigenvalue weighted by atomic mass is 16.5. The number of amides is 1. The van der Waals surface area contributed by atoms with Gasteiger partial charge in [-0.05, 0) is 26.0 Å². The second kappa shape index (κ2) is 6.16. The topological polar surface area (TPSA) is 69.3 Å². The first-order valence-corrected chi connectivity index (χ1v) is 7.53. The molecule has 0 bridgehead atoms. The molecule has 0 aliphatic heterocycles. The first-order chi connectivity index (χ1) is 11.1. The van der Waals surface area contributed by atoms with Gasteiger partial charge in [-0.25, -0.2) is 0 Å². The Kier molecular flexibility index (Phi) is 4.06. The number of aromatic nitrogens is 2. The van der Waals surface area contributed by atoms with Crippen molar-refractivity contribution in [3.63, 3.8) is 0 Å². The van der Waals surface area contributed by atoms with Crippen LogP contribution in [0.4, 0.5) is 0 Å². The number of nitrogens with one attached hydrogen (secondary N) is 1. The molecular formula is C17H19N3O3. The predicted octanol–water partition coefficient (Wildman–Crippen LogP) is 3.06. The van der Waals surface area contributed by atoms with Crippen molar-refractivity contribution in [2.24, 2.45) is 7.05 Å². The molecule has 0 saturated heterocycles. The lowest BCUT2D eigenvalue weighted by atomic mass is 10.2. The SMILES string of the molecule is CCOc1cccc2cc(C(C)NC(=O)c3cnn(C)c3)oc12. The van der Waals surface area contributed by atoms with Gasteiger partial charge in [-0.1, -0.05) is 12.1 Å². The average Bonchev–Trinajstić information content (AvgIpc) is 3.14. The zero-order chi connectivity index (χ0) is 16.4. The van der Waals surface area contributed by atoms with Crippen LogP contribution < -0.4 is 10.1 Å². The highest BCUT2D eigenvalue weighted by molar-refractivity contribution is 5.94. The maximum Gasteiger partial charge on any atom is 0.255 e. The van der Waals surface area contributed by atoms with Crippen molar-refractivity contribution in [3.05, 3.63) is 48.0 Å². The van der Waals surface area contributed by atoms with Gasteiger partial charge in [-0.2, -0.15) is 5.10 Å². The van der Waals surface area contributed by atoms with Crippen molar-refractivity contribution in [3.8, 4) is 5.75 Å². The minimum Gasteiger partial charge on any atom is -0.490 e. The molecule has 3 aromatic rings. The van der Waals surface area contributed by atoms with E-state index < -0.39 is 0 Å². The van der Waals surface area contributed by atoms with Crippen molar-refractivity contribution >= 4 is 16.9 Å². The molecule has 1 amide bonds. The number of hydrogen-bond donors (Lipinski definition) is 1. The zero-order valence-corrected chi connectivity index (χ0v) is 13.4. The van der Waals surface area contributed by atoms with E-state index in [-0.39, 0.29) is 11.9 Å². The fourth-order valence-electron chi connectivity index (χ4n) is 2.43. The number of para-hydroxylation sites is 1. The third kappa shape index (κ3) is 3.06. The molecule has 120 valence electrons. The number of fused-ring (bicyclic) bond motifs is 1. The minimum absolute atomic E-state index is 0.184. The Labute approximate surface area is 134 Å². The maximum atomic E-state index is 12.2. The molecule has 6 nitrogen and oxygen atoms in total. The van der Waals surface area contributed by atoms with Gasteiger partial charge < -0.3 is 14.5 Å². The summed E-state index contributed by atoms with van der Waals surface area (Å²) in [7, 11) is 1.77. The van der Waals surface area contributed by atoms with Crippen molar-refractivity contribution in [2.75, 3.05) is 6.61 Å². The number of carbonyl (C=O) groups excluding carboxylic acids is 1. The molecule has 0 aliphatic rings. The van der Waals surface area contributed by atoms with Crippen LogP contribution in [0.25, 0.3) is 11.0 Å². The summed E-state index contributed by atoms with van der Waals surface area (Å²) in [6, 6.07) is 7.42. The normalized spacial score (nSPS) is 12.3. The molecule has 6 heteroatoms. The van der Waals surface area contributed by atoms with E-state index in [1.165, 1.54) is 6.20 Å². The largest absolute Gasteiger partial charge is 0.490 e. The van der Waals surface area contributed by atoms with Crippen LogP contribution >= 0.6 is 0 Å². The lowest BCUT2D eigenvalue weighted by Crippen LogP contribution is -2.26. The van der Waals surface area contributed by atoms with Gasteiger partial charge in [0.15, 0.2) is 11.3 Å². The van der Waals surface area contributed by atoms with Crippen LogP contribution in [-0.2, 0) is 7.05 Å². The molecule has 2 heterocycles. The lowest BCUT2D eigenvalue weighted by molar-refractivity contribution is 0.0935. The molecule has 0 spiro atoms. The van der Waals surface area contributed by atoms with Crippen molar-refractivity contribution in [1.29, 1.82) is 0 Å². The van der Waals surface area contributed by atoms with Crippen LogP contribution in [0.5, 0.6) is 5.75 Å². The molecule has 0 saturated carbocycles. The van der Waals surface area contributed by atoms with Crippen LogP contribution in [0.2, 0.25) is 0 Å². The molecule has 2 aromatic heterocycles. The van der Waals surface area contributed by atoms with Gasteiger partial charge in [-0.3, -0.25) is 9.48 Å². The maximum absolute atomic E-state index is 12.2. The summed E-state index contributed by atoms with van der Waals surface area (Å²) in [5.74, 6) is 1.21. The number of benzene rings is 1. The third-order valence-corrected chi connectivity index (χ3v) is 3.57. The fourth-order valence-corrected chi connectivity index (χ4v) is 2.43. The molecule has 1 N–H and O–H groups in total. The Morgan fingerprint density at radius 1 is 1.48 bits per heavy atom. The second-order valence-corrected chi connectivity index (χ2v) is 5.35. The Morgan fingerprint density at radius 3 is 3.00 bits per heavy atom. The van der Waals surface area contributed by atoms with Crippen molar-refractivity contribution in [2.45, 2.75) is 19.9 Å². The number of ether oxygens (including phenoxy) is 1. The number of furan rings is 1. The van der Waals surface area contributed by atoms with Gasteiger partial charge >= 0.3 is 0 Å². The third-order valence-electron chi connectivity index (χ3n) is 3.57. The number of aryl methyl sites for hydroxylation is 1. The Bertz CT molecular complexity index is 835. The van der Waals surface area contributed by atoms with Crippen LogP contribution in [0.1, 0.15) is 36.0 Å². The van der Waals surface area contributed by atoms with Gasteiger partial charge in [-0.15, -0.1) is 0 Å². The van der Waals surface area contributed by atoms with Gasteiger partial charge in [0.05, 0.1) is 24.4 Å². The zero-order valence-electron chi connectivity index (χ0n) is 13.4. The molecule has 1 atom stereocenters. The van der Waals surface area contributed by atoms with Crippen LogP contribution in [0, 0.1) is 0 Å². The van der Waals surface area contributed by atoms with E-state index in [9.17, 15) is 4.79 Å². The summed E-state index contributed by atoms with van der Waals surface area (Å²) in [6.45, 7) is 4.38. The number of nitrogens with zero attached hydrogens (tertiary/aromatic N) is 2. The summed E-state index contributed by atoms with van der Waals surface area (Å²) in [4.78, 5) is 12.2. The van der Waals surface area contributed by atoms with Crippen molar-refractivity contribution < 1.29 is 13.9 Å². The molecule has 0 fully saturated rings. The highest BCUT2D eigenvalue weighted by Gasteiger charge is 2.17. The van der Waals surface area contributed by atoms with E-state index in [1.54, 1.807) is 17.9 Å². The summed E-state index contributed by atoms with van der Waals surface area (Å²) in [5, 5.41) is 7.86. The monoisotopic (exact) mass is 313 g/mol. The standard InChI is InChI=1S/C17H19N3O3/c1-4-22-14-7-5-6-12-8-15(23-16(12)14)11(2)19-17(21)13-9-18-20(3)10-13/h5-11H,4H2,1-3H3,(H,19,21). The molecular weight excluding hydrogens is 294 g/mol. The van der Waals surface area contributed by atoms with E-state index >= 15 is 0 Å². The molecule has 3 rings (SSSR count). The Balaban J connectivity index is 1.82. The number of hydrogen-bond acceptors (Lipinski definition) is 4. The quantitative estimate of drug-likeness (QED) is 0.786. The average molecular weight is 313 g/mol. The lowest BCUT2D eigenvalue weighted by Gasteiger charge is -2.10. The number of rotatable bonds is 5. The molecule has 1 unspecified atom stereocenters. The minimum atomic E-state index is -0.260. The molecule has 23 heavy (non-hydrogen) atoms. The highest BCUT2D eigenvalue weighted by Crippen LogP contribution is 2.31. The first-order valence-electron chi connectivity index (χ1n) is 7.53. The summed E-state index contributed by atoms with van der Waals surface area (Å²) < 4.78 is 13.1. The van der Waals surface area contributed by atoms with Crippen LogP contribution in [-0.4, -0.2) is 22.3 Å². The smallest absolute Gasteiger partial charge is 0.255 e. The Morgan fingerprint density at radius 2 is 2.30 bits per heavy atom. The van der Waals surface area contributed by atoms with Crippen LogP contribution in [0.3, 0.4) is 0 Å². The van der Waals surface area contributed by atoms with Crippen molar-refractivity contribution in [1.82, 2.24) is 15.1 Å². The predicted molar refractivity (Wildman–Crippen MR) is 86.5 cm³/mol. The van der Waals surface area contributed by atoms with Gasteiger partial charge in [0.2, 0.25) is 0 Å². The second-order valence-electron chi connectivity index (χ2n) is 5.35.